The van der Waals surface area contributed by atoms with E-state index < -0.39 is 0 Å². The van der Waals surface area contributed by atoms with Gasteiger partial charge in [-0.05, 0) is 12.5 Å². The van der Waals surface area contributed by atoms with Crippen LogP contribution in [-0.2, 0) is 13.5 Å². The second-order valence-corrected chi connectivity index (χ2v) is 4.78. The predicted octanol–water partition coefficient (Wildman–Crippen LogP) is 3.03. The Morgan fingerprint density at radius 2 is 2.21 bits per heavy atom. The van der Waals surface area contributed by atoms with E-state index in [1.165, 1.54) is 0 Å². The number of hydrogen-bond acceptors (Lipinski definition) is 4. The molecule has 0 aliphatic rings. The van der Waals surface area contributed by atoms with Crippen LogP contribution in [0.2, 0.25) is 5.02 Å². The molecule has 3 aromatic rings. The molecule has 3 rings (SSSR count). The number of halogens is 1. The highest BCUT2D eigenvalue weighted by Gasteiger charge is 2.15. The van der Waals surface area contributed by atoms with Crippen LogP contribution in [0.3, 0.4) is 0 Å². The second kappa shape index (κ2) is 4.28. The van der Waals surface area contributed by atoms with Gasteiger partial charge in [0.2, 0.25) is 5.89 Å². The fraction of sp³-hybridized carbons (Fsp3) is 0.231. The fourth-order valence-electron chi connectivity index (χ4n) is 2.05. The Morgan fingerprint density at radius 1 is 1.42 bits per heavy atom. The molecule has 0 radical (unpaired) electrons. The number of aromatic nitrogens is 3. The molecule has 0 fully saturated rings. The summed E-state index contributed by atoms with van der Waals surface area (Å²) in [7, 11) is 1.88. The van der Waals surface area contributed by atoms with Crippen molar-refractivity contribution in [2.24, 2.45) is 7.05 Å². The summed E-state index contributed by atoms with van der Waals surface area (Å²) in [5, 5.41) is 4.86. The number of oxazole rings is 1. The molecule has 1 aromatic carbocycles. The van der Waals surface area contributed by atoms with E-state index in [0.29, 0.717) is 27.7 Å². The van der Waals surface area contributed by atoms with E-state index in [1.807, 2.05) is 20.2 Å². The molecule has 0 spiro atoms. The van der Waals surface area contributed by atoms with Crippen molar-refractivity contribution >= 4 is 28.4 Å². The smallest absolute Gasteiger partial charge is 0.230 e. The van der Waals surface area contributed by atoms with Crippen molar-refractivity contribution in [2.75, 3.05) is 5.73 Å². The molecule has 0 unspecified atom stereocenters. The minimum atomic E-state index is 0.481. The van der Waals surface area contributed by atoms with Crippen molar-refractivity contribution in [3.8, 4) is 11.5 Å². The Kier molecular flexibility index (Phi) is 2.71. The van der Waals surface area contributed by atoms with Crippen LogP contribution in [0.15, 0.2) is 22.7 Å². The predicted molar refractivity (Wildman–Crippen MR) is 75.0 cm³/mol. The zero-order chi connectivity index (χ0) is 13.6. The largest absolute Gasteiger partial charge is 0.436 e. The molecule has 0 aliphatic heterocycles. The number of fused-ring (bicyclic) bond motifs is 1. The van der Waals surface area contributed by atoms with E-state index in [1.54, 1.807) is 16.8 Å². The molecular formula is C13H13ClN4O. The van der Waals surface area contributed by atoms with Gasteiger partial charge in [-0.2, -0.15) is 5.10 Å². The number of anilines is 1. The highest BCUT2D eigenvalue weighted by Crippen LogP contribution is 2.30. The highest BCUT2D eigenvalue weighted by atomic mass is 35.5. The summed E-state index contributed by atoms with van der Waals surface area (Å²) < 4.78 is 7.50. The Morgan fingerprint density at radius 3 is 2.95 bits per heavy atom. The van der Waals surface area contributed by atoms with Gasteiger partial charge in [0.1, 0.15) is 5.52 Å². The Balaban J connectivity index is 2.20. The zero-order valence-corrected chi connectivity index (χ0v) is 11.4. The third kappa shape index (κ3) is 1.96. The average molecular weight is 277 g/mol. The first-order chi connectivity index (χ1) is 9.08. The summed E-state index contributed by atoms with van der Waals surface area (Å²) in [5.41, 5.74) is 9.42. The Labute approximate surface area is 115 Å². The molecule has 0 aliphatic carbocycles. The van der Waals surface area contributed by atoms with Gasteiger partial charge in [-0.25, -0.2) is 4.98 Å². The molecule has 19 heavy (non-hydrogen) atoms. The first-order valence-electron chi connectivity index (χ1n) is 5.97. The van der Waals surface area contributed by atoms with Crippen LogP contribution in [0.5, 0.6) is 0 Å². The fourth-order valence-corrected chi connectivity index (χ4v) is 2.21. The zero-order valence-electron chi connectivity index (χ0n) is 10.6. The molecule has 0 bridgehead atoms. The summed E-state index contributed by atoms with van der Waals surface area (Å²) in [6.45, 7) is 2.04. The van der Waals surface area contributed by atoms with Crippen LogP contribution < -0.4 is 5.73 Å². The summed E-state index contributed by atoms with van der Waals surface area (Å²) in [5.74, 6) is 0.543. The Hall–Kier alpha value is -2.01. The van der Waals surface area contributed by atoms with Crippen LogP contribution in [0.1, 0.15) is 12.6 Å². The molecule has 2 N–H and O–H groups in total. The van der Waals surface area contributed by atoms with Gasteiger partial charge in [-0.1, -0.05) is 18.5 Å². The molecule has 0 saturated carbocycles. The number of rotatable bonds is 2. The highest BCUT2D eigenvalue weighted by molar-refractivity contribution is 6.33. The maximum absolute atomic E-state index is 5.98. The number of nitrogens with zero attached hydrogens (tertiary/aromatic N) is 3. The van der Waals surface area contributed by atoms with Gasteiger partial charge < -0.3 is 10.2 Å². The topological polar surface area (TPSA) is 69.9 Å². The third-order valence-electron chi connectivity index (χ3n) is 2.98. The summed E-state index contributed by atoms with van der Waals surface area (Å²) in [6, 6.07) is 3.40. The van der Waals surface area contributed by atoms with Crippen LogP contribution in [0, 0.1) is 0 Å². The first kappa shape index (κ1) is 12.0. The van der Waals surface area contributed by atoms with Crippen molar-refractivity contribution in [3.63, 3.8) is 0 Å². The lowest BCUT2D eigenvalue weighted by Crippen LogP contribution is -1.89. The second-order valence-electron chi connectivity index (χ2n) is 4.38. The summed E-state index contributed by atoms with van der Waals surface area (Å²) >= 11 is 5.98. The van der Waals surface area contributed by atoms with Gasteiger partial charge in [-0.15, -0.1) is 0 Å². The molecule has 5 nitrogen and oxygen atoms in total. The lowest BCUT2D eigenvalue weighted by atomic mass is 10.2. The SMILES string of the molecule is CCc1nn(C)cc1-c1nc2cc(Cl)c(N)cc2o1. The summed E-state index contributed by atoms with van der Waals surface area (Å²) in [6.07, 6.45) is 2.71. The number of benzene rings is 1. The normalized spacial score (nSPS) is 11.3. The summed E-state index contributed by atoms with van der Waals surface area (Å²) in [4.78, 5) is 4.45. The minimum absolute atomic E-state index is 0.481. The van der Waals surface area contributed by atoms with Crippen LogP contribution >= 0.6 is 11.6 Å². The van der Waals surface area contributed by atoms with E-state index >= 15 is 0 Å². The molecule has 2 heterocycles. The number of hydrogen-bond donors (Lipinski definition) is 1. The van der Waals surface area contributed by atoms with E-state index in [2.05, 4.69) is 10.1 Å². The molecule has 2 aromatic heterocycles. The van der Waals surface area contributed by atoms with Crippen molar-refractivity contribution in [1.82, 2.24) is 14.8 Å². The molecular weight excluding hydrogens is 264 g/mol. The van der Waals surface area contributed by atoms with Gasteiger partial charge in [-0.3, -0.25) is 4.68 Å². The van der Waals surface area contributed by atoms with Crippen LogP contribution in [0.4, 0.5) is 5.69 Å². The van der Waals surface area contributed by atoms with Crippen molar-refractivity contribution in [1.29, 1.82) is 0 Å². The minimum Gasteiger partial charge on any atom is -0.436 e. The van der Waals surface area contributed by atoms with E-state index in [0.717, 1.165) is 17.7 Å². The maximum atomic E-state index is 5.98. The van der Waals surface area contributed by atoms with Gasteiger partial charge in [0.05, 0.1) is 22.0 Å². The van der Waals surface area contributed by atoms with Crippen molar-refractivity contribution in [2.45, 2.75) is 13.3 Å². The van der Waals surface area contributed by atoms with E-state index in [-0.39, 0.29) is 0 Å². The number of nitrogens with two attached hydrogens (primary N) is 1. The van der Waals surface area contributed by atoms with Gasteiger partial charge in [0.25, 0.3) is 0 Å². The third-order valence-corrected chi connectivity index (χ3v) is 3.30. The molecule has 0 amide bonds. The Bertz CT molecular complexity index is 720. The number of aryl methyl sites for hydroxylation is 2. The van der Waals surface area contributed by atoms with Crippen molar-refractivity contribution in [3.05, 3.63) is 29.0 Å². The first-order valence-corrected chi connectivity index (χ1v) is 6.34. The average Bonchev–Trinajstić information content (AvgIpc) is 2.93. The molecule has 6 heteroatoms. The van der Waals surface area contributed by atoms with E-state index in [4.69, 9.17) is 21.8 Å². The molecule has 98 valence electrons. The van der Waals surface area contributed by atoms with Crippen LogP contribution in [-0.4, -0.2) is 14.8 Å². The van der Waals surface area contributed by atoms with Crippen LogP contribution in [0.25, 0.3) is 22.6 Å². The van der Waals surface area contributed by atoms with Crippen molar-refractivity contribution < 1.29 is 4.42 Å². The van der Waals surface area contributed by atoms with E-state index in [9.17, 15) is 0 Å². The van der Waals surface area contributed by atoms with Gasteiger partial charge in [0, 0.05) is 19.3 Å². The molecule has 0 atom stereocenters. The van der Waals surface area contributed by atoms with Gasteiger partial charge in [0.15, 0.2) is 5.58 Å². The molecule has 0 saturated heterocycles. The monoisotopic (exact) mass is 276 g/mol. The lowest BCUT2D eigenvalue weighted by molar-refractivity contribution is 0.619. The quantitative estimate of drug-likeness (QED) is 0.731. The number of nitrogen functional groups attached to an aromatic ring is 1. The van der Waals surface area contributed by atoms with Gasteiger partial charge >= 0.3 is 0 Å². The maximum Gasteiger partial charge on any atom is 0.230 e. The lowest BCUT2D eigenvalue weighted by Gasteiger charge is -1.94. The standard InChI is InChI=1S/C13H13ClN4O/c1-3-10-7(6-18(2)17-10)13-16-11-4-8(14)9(15)5-12(11)19-13/h4-6H,3,15H2,1-2H3.